The van der Waals surface area contributed by atoms with Gasteiger partial charge in [0.2, 0.25) is 0 Å². The predicted molar refractivity (Wildman–Crippen MR) is 61.5 cm³/mol. The van der Waals surface area contributed by atoms with Crippen LogP contribution in [-0.4, -0.2) is 10.9 Å². The molecule has 0 aliphatic rings. The smallest absolute Gasteiger partial charge is 0.315 e. The Bertz CT molecular complexity index is 363. The molecule has 0 aliphatic carbocycles. The molecule has 15 heavy (non-hydrogen) atoms. The highest BCUT2D eigenvalue weighted by atomic mass is 127. The Morgan fingerprint density at radius 2 is 2.00 bits per heavy atom. The number of hydrogen-bond donors (Lipinski definition) is 0. The lowest BCUT2D eigenvalue weighted by molar-refractivity contribution is -0.384. The van der Waals surface area contributed by atoms with Crippen LogP contribution < -0.4 is 0 Å². The monoisotopic (exact) mass is 321 g/mol. The zero-order valence-electron chi connectivity index (χ0n) is 7.68. The van der Waals surface area contributed by atoms with Gasteiger partial charge in [0.05, 0.1) is 11.3 Å². The Hall–Kier alpha value is -1.18. The van der Waals surface area contributed by atoms with E-state index in [1.54, 1.807) is 12.1 Å². The highest BCUT2D eigenvalue weighted by Gasteiger charge is 2.05. The lowest BCUT2D eigenvalue weighted by Crippen LogP contribution is -1.98. The Kier molecular flexibility index (Phi) is 4.47. The van der Waals surface area contributed by atoms with E-state index < -0.39 is 4.92 Å². The summed E-state index contributed by atoms with van der Waals surface area (Å²) in [5.74, 6) is -0.297. The summed E-state index contributed by atoms with van der Waals surface area (Å²) in [6.07, 6.45) is 0.806. The number of nitro groups is 1. The Morgan fingerprint density at radius 3 is 2.47 bits per heavy atom. The lowest BCUT2D eigenvalue weighted by Gasteiger charge is -1.98. The van der Waals surface area contributed by atoms with E-state index in [1.165, 1.54) is 35.1 Å². The Labute approximate surface area is 100 Å². The summed E-state index contributed by atoms with van der Waals surface area (Å²) in [6, 6.07) is 6.12. The molecule has 0 spiro atoms. The molecule has 1 aromatic rings. The van der Waals surface area contributed by atoms with Gasteiger partial charge in [-0.15, -0.1) is 0 Å². The van der Waals surface area contributed by atoms with Crippen LogP contribution in [0.4, 0.5) is 5.69 Å². The predicted octanol–water partition coefficient (Wildman–Crippen LogP) is 2.42. The van der Waals surface area contributed by atoms with Crippen LogP contribution in [0.25, 0.3) is 0 Å². The van der Waals surface area contributed by atoms with Crippen molar-refractivity contribution >= 4 is 34.7 Å². The van der Waals surface area contributed by atoms with E-state index in [9.17, 15) is 14.9 Å². The van der Waals surface area contributed by atoms with Crippen LogP contribution in [0.1, 0.15) is 12.0 Å². The van der Waals surface area contributed by atoms with E-state index >= 15 is 0 Å². The van der Waals surface area contributed by atoms with Crippen molar-refractivity contribution in [2.45, 2.75) is 12.8 Å². The summed E-state index contributed by atoms with van der Waals surface area (Å²) in [7, 11) is 0. The van der Waals surface area contributed by atoms with Gasteiger partial charge in [-0.1, -0.05) is 12.1 Å². The first-order valence-corrected chi connectivity index (χ1v) is 5.06. The molecule has 0 amide bonds. The van der Waals surface area contributed by atoms with Gasteiger partial charge in [0.25, 0.3) is 5.69 Å². The molecular formula is C9H8INO4. The van der Waals surface area contributed by atoms with Gasteiger partial charge in [0.1, 0.15) is 0 Å². The number of halogens is 1. The second kappa shape index (κ2) is 5.64. The van der Waals surface area contributed by atoms with E-state index in [2.05, 4.69) is 3.07 Å². The molecule has 0 aliphatic heterocycles. The fourth-order valence-corrected chi connectivity index (χ4v) is 1.29. The molecule has 0 heterocycles. The first-order valence-electron chi connectivity index (χ1n) is 4.18. The van der Waals surface area contributed by atoms with E-state index in [-0.39, 0.29) is 18.1 Å². The maximum absolute atomic E-state index is 10.8. The number of rotatable bonds is 4. The Balaban J connectivity index is 2.57. The minimum Gasteiger partial charge on any atom is -0.394 e. The maximum Gasteiger partial charge on any atom is 0.315 e. The molecule has 0 bridgehead atoms. The molecule has 6 heteroatoms. The van der Waals surface area contributed by atoms with Gasteiger partial charge in [0.15, 0.2) is 23.0 Å². The highest BCUT2D eigenvalue weighted by molar-refractivity contribution is 14.1. The molecule has 80 valence electrons. The van der Waals surface area contributed by atoms with Crippen molar-refractivity contribution < 1.29 is 12.8 Å². The summed E-state index contributed by atoms with van der Waals surface area (Å²) in [5.41, 5.74) is 0.928. The Morgan fingerprint density at radius 1 is 1.40 bits per heavy atom. The number of non-ortho nitro benzene ring substituents is 1. The van der Waals surface area contributed by atoms with Crippen molar-refractivity contribution in [2.24, 2.45) is 0 Å². The quantitative estimate of drug-likeness (QED) is 0.485. The highest BCUT2D eigenvalue weighted by Crippen LogP contribution is 2.13. The van der Waals surface area contributed by atoms with Crippen LogP contribution in [0.3, 0.4) is 0 Å². The molecule has 0 radical (unpaired) electrons. The van der Waals surface area contributed by atoms with Crippen molar-refractivity contribution in [1.29, 1.82) is 0 Å². The van der Waals surface area contributed by atoms with Crippen LogP contribution in [0.15, 0.2) is 24.3 Å². The molecule has 1 aromatic carbocycles. The SMILES string of the molecule is O=C(CCc1ccc([N+](=O)[O-])cc1)OI. The number of hydrogen-bond acceptors (Lipinski definition) is 4. The van der Waals surface area contributed by atoms with Crippen molar-refractivity contribution in [1.82, 2.24) is 0 Å². The maximum atomic E-state index is 10.8. The molecule has 0 unspecified atom stereocenters. The van der Waals surface area contributed by atoms with Crippen LogP contribution in [0, 0.1) is 10.1 Å². The molecule has 0 atom stereocenters. The van der Waals surface area contributed by atoms with Crippen molar-refractivity contribution in [3.05, 3.63) is 39.9 Å². The molecule has 0 fully saturated rings. The fraction of sp³-hybridized carbons (Fsp3) is 0.222. The van der Waals surface area contributed by atoms with Crippen LogP contribution >= 0.6 is 23.0 Å². The van der Waals surface area contributed by atoms with Gasteiger partial charge >= 0.3 is 5.97 Å². The van der Waals surface area contributed by atoms with Crippen molar-refractivity contribution in [3.8, 4) is 0 Å². The summed E-state index contributed by atoms with van der Waals surface area (Å²) < 4.78 is 4.46. The van der Waals surface area contributed by atoms with E-state index in [4.69, 9.17) is 0 Å². The van der Waals surface area contributed by atoms with Gasteiger partial charge in [-0.2, -0.15) is 0 Å². The fourth-order valence-electron chi connectivity index (χ4n) is 1.07. The van der Waals surface area contributed by atoms with Crippen molar-refractivity contribution in [2.75, 3.05) is 0 Å². The molecule has 0 saturated heterocycles. The number of aryl methyl sites for hydroxylation is 1. The van der Waals surface area contributed by atoms with E-state index in [0.717, 1.165) is 5.56 Å². The average molecular weight is 321 g/mol. The van der Waals surface area contributed by atoms with Gasteiger partial charge in [-0.3, -0.25) is 14.9 Å². The molecule has 5 nitrogen and oxygen atoms in total. The number of nitrogens with zero attached hydrogens (tertiary/aromatic N) is 1. The molecule has 1 rings (SSSR count). The van der Waals surface area contributed by atoms with Gasteiger partial charge in [-0.05, 0) is 12.0 Å². The first kappa shape index (κ1) is 11.9. The summed E-state index contributed by atoms with van der Waals surface area (Å²) in [4.78, 5) is 20.7. The largest absolute Gasteiger partial charge is 0.394 e. The number of nitro benzene ring substituents is 1. The van der Waals surface area contributed by atoms with Gasteiger partial charge in [-0.25, -0.2) is 0 Å². The number of carbonyl (C=O) groups is 1. The summed E-state index contributed by atoms with van der Waals surface area (Å²) in [5, 5.41) is 10.4. The van der Waals surface area contributed by atoms with Gasteiger partial charge in [0, 0.05) is 12.1 Å². The minimum absolute atomic E-state index is 0.0511. The molecular weight excluding hydrogens is 313 g/mol. The lowest BCUT2D eigenvalue weighted by atomic mass is 10.1. The zero-order valence-corrected chi connectivity index (χ0v) is 9.84. The zero-order chi connectivity index (χ0) is 11.3. The topological polar surface area (TPSA) is 69.4 Å². The number of benzene rings is 1. The van der Waals surface area contributed by atoms with Crippen molar-refractivity contribution in [3.63, 3.8) is 0 Å². The van der Waals surface area contributed by atoms with Crippen LogP contribution in [-0.2, 0) is 14.3 Å². The third-order valence-electron chi connectivity index (χ3n) is 1.85. The van der Waals surface area contributed by atoms with E-state index in [1.807, 2.05) is 0 Å². The third kappa shape index (κ3) is 3.82. The second-order valence-electron chi connectivity index (χ2n) is 2.87. The standard InChI is InChI=1S/C9H8INO4/c10-15-9(12)6-3-7-1-4-8(5-2-7)11(13)14/h1-2,4-5H,3,6H2. The minimum atomic E-state index is -0.455. The average Bonchev–Trinajstić information content (AvgIpc) is 2.26. The third-order valence-corrected chi connectivity index (χ3v) is 2.34. The summed E-state index contributed by atoms with van der Waals surface area (Å²) in [6.45, 7) is 0. The van der Waals surface area contributed by atoms with Gasteiger partial charge < -0.3 is 3.07 Å². The molecule has 0 saturated carbocycles. The first-order chi connectivity index (χ1) is 7.13. The molecule has 0 N–H and O–H groups in total. The van der Waals surface area contributed by atoms with E-state index in [0.29, 0.717) is 6.42 Å². The van der Waals surface area contributed by atoms with Crippen LogP contribution in [0.2, 0.25) is 0 Å². The summed E-state index contributed by atoms with van der Waals surface area (Å²) >= 11 is 1.53. The molecule has 0 aromatic heterocycles. The normalized spacial score (nSPS) is 9.67. The second-order valence-corrected chi connectivity index (χ2v) is 3.31. The number of carbonyl (C=O) groups excluding carboxylic acids is 1. The van der Waals surface area contributed by atoms with Crippen LogP contribution in [0.5, 0.6) is 0 Å².